The minimum Gasteiger partial charge on any atom is -0.382 e. The number of anilines is 3. The van der Waals surface area contributed by atoms with E-state index in [1.54, 1.807) is 23.9 Å². The normalized spacial score (nSPS) is 19.3. The number of hydrogen-bond donors (Lipinski definition) is 3. The molecule has 1 atom stereocenters. The van der Waals surface area contributed by atoms with Crippen LogP contribution in [-0.4, -0.2) is 32.6 Å². The van der Waals surface area contributed by atoms with Crippen LogP contribution >= 0.6 is 11.8 Å². The maximum absolute atomic E-state index is 13.1. The first-order valence-electron chi connectivity index (χ1n) is 10.6. The molecule has 3 aromatic rings. The van der Waals surface area contributed by atoms with Crippen molar-refractivity contribution in [2.45, 2.75) is 35.2 Å². The Kier molecular flexibility index (Phi) is 5.06. The van der Waals surface area contributed by atoms with Gasteiger partial charge in [-0.15, -0.1) is 0 Å². The summed E-state index contributed by atoms with van der Waals surface area (Å²) in [5.74, 6) is 0.915. The third-order valence-electron chi connectivity index (χ3n) is 6.74. The monoisotopic (exact) mass is 450 g/mol. The van der Waals surface area contributed by atoms with Crippen LogP contribution < -0.4 is 27.7 Å². The molecule has 10 heteroatoms. The van der Waals surface area contributed by atoms with Crippen molar-refractivity contribution in [1.29, 1.82) is 0 Å². The second kappa shape index (κ2) is 7.79. The van der Waals surface area contributed by atoms with Gasteiger partial charge in [-0.1, -0.05) is 36.0 Å². The lowest BCUT2D eigenvalue weighted by Crippen LogP contribution is -2.46. The first kappa shape index (κ1) is 20.8. The lowest BCUT2D eigenvalue weighted by molar-refractivity contribution is 0.186. The van der Waals surface area contributed by atoms with Crippen LogP contribution in [0.25, 0.3) is 0 Å². The van der Waals surface area contributed by atoms with Crippen molar-refractivity contribution in [2.24, 2.45) is 18.2 Å². The van der Waals surface area contributed by atoms with Gasteiger partial charge in [0.15, 0.2) is 0 Å². The fourth-order valence-corrected chi connectivity index (χ4v) is 5.79. The summed E-state index contributed by atoms with van der Waals surface area (Å²) < 4.78 is 1.56. The highest BCUT2D eigenvalue weighted by molar-refractivity contribution is 7.99. The fraction of sp³-hybridized carbons (Fsp3) is 0.364. The van der Waals surface area contributed by atoms with E-state index in [-0.39, 0.29) is 28.8 Å². The second-order valence-corrected chi connectivity index (χ2v) is 9.58. The summed E-state index contributed by atoms with van der Waals surface area (Å²) in [6, 6.07) is 10.2. The van der Waals surface area contributed by atoms with Crippen molar-refractivity contribution in [3.8, 4) is 0 Å². The highest BCUT2D eigenvalue weighted by Crippen LogP contribution is 2.50. The summed E-state index contributed by atoms with van der Waals surface area (Å²) in [4.78, 5) is 28.2. The van der Waals surface area contributed by atoms with E-state index in [1.807, 2.05) is 0 Å². The van der Waals surface area contributed by atoms with Gasteiger partial charge in [-0.3, -0.25) is 9.36 Å². The number of aromatic nitrogens is 4. The van der Waals surface area contributed by atoms with Crippen molar-refractivity contribution < 1.29 is 0 Å². The van der Waals surface area contributed by atoms with E-state index in [0.717, 1.165) is 44.1 Å². The zero-order valence-corrected chi connectivity index (χ0v) is 18.7. The summed E-state index contributed by atoms with van der Waals surface area (Å²) in [6.07, 6.45) is 4.43. The van der Waals surface area contributed by atoms with Crippen LogP contribution in [0, 0.1) is 5.41 Å². The van der Waals surface area contributed by atoms with Crippen molar-refractivity contribution in [2.75, 3.05) is 29.5 Å². The van der Waals surface area contributed by atoms with Crippen LogP contribution in [0.3, 0.4) is 0 Å². The molecule has 32 heavy (non-hydrogen) atoms. The fourth-order valence-electron chi connectivity index (χ4n) is 4.94. The lowest BCUT2D eigenvalue weighted by Gasteiger charge is -2.42. The van der Waals surface area contributed by atoms with Crippen LogP contribution in [0.2, 0.25) is 0 Å². The summed E-state index contributed by atoms with van der Waals surface area (Å²) in [6.45, 7) is 1.55. The third-order valence-corrected chi connectivity index (χ3v) is 7.77. The predicted molar refractivity (Wildman–Crippen MR) is 125 cm³/mol. The van der Waals surface area contributed by atoms with Gasteiger partial charge in [0.25, 0.3) is 5.56 Å². The van der Waals surface area contributed by atoms with Crippen molar-refractivity contribution in [1.82, 2.24) is 19.5 Å². The molecule has 1 aromatic carbocycles. The molecule has 1 aliphatic heterocycles. The van der Waals surface area contributed by atoms with Crippen LogP contribution in [0.1, 0.15) is 30.0 Å². The molecule has 0 radical (unpaired) electrons. The van der Waals surface area contributed by atoms with E-state index in [0.29, 0.717) is 15.9 Å². The number of nitrogens with zero attached hydrogens (tertiary/aromatic N) is 5. The molecule has 9 nitrogen and oxygen atoms in total. The number of rotatable bonds is 3. The van der Waals surface area contributed by atoms with Crippen LogP contribution in [0.4, 0.5) is 17.7 Å². The zero-order chi connectivity index (χ0) is 22.5. The van der Waals surface area contributed by atoms with Crippen LogP contribution in [-0.2, 0) is 13.5 Å². The van der Waals surface area contributed by atoms with Gasteiger partial charge in [0.2, 0.25) is 11.9 Å². The summed E-state index contributed by atoms with van der Waals surface area (Å²) in [5.41, 5.74) is 21.0. The molecule has 3 heterocycles. The lowest BCUT2D eigenvalue weighted by atomic mass is 9.73. The molecule has 5 rings (SSSR count). The first-order chi connectivity index (χ1) is 15.4. The quantitative estimate of drug-likeness (QED) is 0.508. The zero-order valence-electron chi connectivity index (χ0n) is 17.9. The van der Waals surface area contributed by atoms with Gasteiger partial charge in [0.1, 0.15) is 15.7 Å². The van der Waals surface area contributed by atoms with Gasteiger partial charge in [-0.25, -0.2) is 9.97 Å². The molecule has 0 unspecified atom stereocenters. The van der Waals surface area contributed by atoms with Crippen molar-refractivity contribution in [3.63, 3.8) is 0 Å². The Hall–Kier alpha value is -3.11. The minimum atomic E-state index is -0.208. The Labute approximate surface area is 190 Å². The Bertz CT molecular complexity index is 1230. The molecule has 1 saturated heterocycles. The van der Waals surface area contributed by atoms with Gasteiger partial charge < -0.3 is 22.1 Å². The second-order valence-electron chi connectivity index (χ2n) is 8.55. The summed E-state index contributed by atoms with van der Waals surface area (Å²) in [5, 5.41) is 0.547. The van der Waals surface area contributed by atoms with Crippen LogP contribution in [0.15, 0.2) is 51.2 Å². The largest absolute Gasteiger partial charge is 0.382 e. The summed E-state index contributed by atoms with van der Waals surface area (Å²) >= 11 is 1.15. The van der Waals surface area contributed by atoms with Gasteiger partial charge in [-0.2, -0.15) is 4.98 Å². The molecular formula is C22H26N8OS. The van der Waals surface area contributed by atoms with Crippen LogP contribution in [0.5, 0.6) is 0 Å². The van der Waals surface area contributed by atoms with E-state index in [4.69, 9.17) is 17.2 Å². The molecule has 1 spiro atoms. The number of nitrogens with two attached hydrogens (primary N) is 3. The average Bonchev–Trinajstić information content (AvgIpc) is 3.06. The molecule has 1 fully saturated rings. The standard InChI is InChI=1S/C22H26N8OS/c1-29-19(31)16(32-15-6-9-26-20(25)27-15)18(24)28-21(29)30-10-7-22(8-11-30)12-13-4-2-3-5-14(13)17(22)23/h2-6,9,17H,7-8,10-12,23-24H2,1H3,(H2,25,26,27)/t17-/m1/s1. The average molecular weight is 451 g/mol. The SMILES string of the molecule is Cn1c(N2CCC3(CC2)Cc2ccccc2[C@H]3N)nc(N)c(Sc2ccnc(N)n2)c1=O. The van der Waals surface area contributed by atoms with Gasteiger partial charge >= 0.3 is 0 Å². The molecule has 166 valence electrons. The maximum Gasteiger partial charge on any atom is 0.270 e. The number of hydrogen-bond acceptors (Lipinski definition) is 9. The summed E-state index contributed by atoms with van der Waals surface area (Å²) in [7, 11) is 1.73. The molecule has 0 bridgehead atoms. The van der Waals surface area contributed by atoms with Crippen molar-refractivity contribution in [3.05, 3.63) is 58.0 Å². The van der Waals surface area contributed by atoms with E-state index in [1.165, 1.54) is 11.1 Å². The molecule has 2 aliphatic rings. The minimum absolute atomic E-state index is 0.0433. The Morgan fingerprint density at radius 2 is 1.88 bits per heavy atom. The molecule has 0 saturated carbocycles. The number of benzene rings is 1. The third kappa shape index (κ3) is 3.39. The van der Waals surface area contributed by atoms with E-state index < -0.39 is 0 Å². The first-order valence-corrected chi connectivity index (χ1v) is 11.4. The molecule has 2 aromatic heterocycles. The number of piperidine rings is 1. The smallest absolute Gasteiger partial charge is 0.270 e. The van der Waals surface area contributed by atoms with E-state index in [2.05, 4.69) is 44.1 Å². The molecule has 0 amide bonds. The maximum atomic E-state index is 13.1. The highest BCUT2D eigenvalue weighted by Gasteiger charge is 2.46. The Morgan fingerprint density at radius 1 is 1.12 bits per heavy atom. The topological polar surface area (TPSA) is 142 Å². The number of nitrogen functional groups attached to an aromatic ring is 2. The van der Waals surface area contributed by atoms with Crippen molar-refractivity contribution >= 4 is 29.5 Å². The predicted octanol–water partition coefficient (Wildman–Crippen LogP) is 1.73. The number of fused-ring (bicyclic) bond motifs is 1. The van der Waals surface area contributed by atoms with Gasteiger partial charge in [0.05, 0.1) is 0 Å². The van der Waals surface area contributed by atoms with E-state index in [9.17, 15) is 4.79 Å². The molecule has 6 N–H and O–H groups in total. The Balaban J connectivity index is 1.37. The van der Waals surface area contributed by atoms with Gasteiger partial charge in [0, 0.05) is 32.4 Å². The highest BCUT2D eigenvalue weighted by atomic mass is 32.2. The Morgan fingerprint density at radius 3 is 2.59 bits per heavy atom. The van der Waals surface area contributed by atoms with E-state index >= 15 is 0 Å². The molecular weight excluding hydrogens is 424 g/mol. The van der Waals surface area contributed by atoms with Gasteiger partial charge in [-0.05, 0) is 41.9 Å². The molecule has 1 aliphatic carbocycles.